The maximum absolute atomic E-state index is 14.1. The van der Waals surface area contributed by atoms with Gasteiger partial charge in [-0.05, 0) is 48.6 Å². The van der Waals surface area contributed by atoms with Crippen molar-refractivity contribution in [2.45, 2.75) is 31.3 Å². The normalized spacial score (nSPS) is 19.7. The van der Waals surface area contributed by atoms with E-state index in [-0.39, 0.29) is 11.4 Å². The smallest absolute Gasteiger partial charge is 0.237 e. The van der Waals surface area contributed by atoms with Crippen LogP contribution in [-0.2, 0) is 23.3 Å². The fourth-order valence-electron chi connectivity index (χ4n) is 7.32. The number of para-hydroxylation sites is 2. The first-order chi connectivity index (χ1) is 19.7. The first-order valence-corrected chi connectivity index (χ1v) is 14.9. The molecule has 6 heteroatoms. The van der Waals surface area contributed by atoms with E-state index in [4.69, 9.17) is 0 Å². The van der Waals surface area contributed by atoms with Gasteiger partial charge in [0.2, 0.25) is 5.91 Å². The minimum absolute atomic E-state index is 0.261. The number of aromatic amines is 1. The molecule has 0 saturated carbocycles. The summed E-state index contributed by atoms with van der Waals surface area (Å²) in [5, 5.41) is 1.33. The SMILES string of the molecule is O=C(CN1CCN(c2ccccc2)CC1)N1CCc2c([nH]c3ccccc23)C12CCN(Cc1ccccc1)CC2. The summed E-state index contributed by atoms with van der Waals surface area (Å²) in [5.74, 6) is 0.286. The molecule has 0 bridgehead atoms. The molecule has 7 rings (SSSR count). The number of nitrogens with zero attached hydrogens (tertiary/aromatic N) is 4. The van der Waals surface area contributed by atoms with Crippen LogP contribution in [-0.4, -0.2) is 77.9 Å². The molecular formula is C34H39N5O. The van der Waals surface area contributed by atoms with E-state index < -0.39 is 0 Å². The lowest BCUT2D eigenvalue weighted by atomic mass is 9.77. The van der Waals surface area contributed by atoms with E-state index in [2.05, 4.69) is 110 Å². The van der Waals surface area contributed by atoms with E-state index in [0.29, 0.717) is 6.54 Å². The van der Waals surface area contributed by atoms with E-state index in [1.165, 1.54) is 33.4 Å². The van der Waals surface area contributed by atoms with Crippen molar-refractivity contribution in [3.63, 3.8) is 0 Å². The molecule has 3 aliphatic heterocycles. The minimum atomic E-state index is -0.261. The second kappa shape index (κ2) is 10.8. The molecule has 0 aliphatic carbocycles. The van der Waals surface area contributed by atoms with E-state index in [0.717, 1.165) is 71.6 Å². The van der Waals surface area contributed by atoms with E-state index in [1.54, 1.807) is 0 Å². The lowest BCUT2D eigenvalue weighted by molar-refractivity contribution is -0.143. The number of rotatable bonds is 5. The van der Waals surface area contributed by atoms with Crippen LogP contribution in [0.25, 0.3) is 10.9 Å². The van der Waals surface area contributed by atoms with E-state index >= 15 is 0 Å². The summed E-state index contributed by atoms with van der Waals surface area (Å²) < 4.78 is 0. The maximum Gasteiger partial charge on any atom is 0.237 e. The van der Waals surface area contributed by atoms with Gasteiger partial charge in [0, 0.05) is 74.6 Å². The molecular weight excluding hydrogens is 494 g/mol. The number of aromatic nitrogens is 1. The molecule has 40 heavy (non-hydrogen) atoms. The van der Waals surface area contributed by atoms with Crippen LogP contribution in [0.15, 0.2) is 84.9 Å². The lowest BCUT2D eigenvalue weighted by Gasteiger charge is -2.51. The molecule has 1 amide bonds. The van der Waals surface area contributed by atoms with Gasteiger partial charge < -0.3 is 14.8 Å². The highest BCUT2D eigenvalue weighted by atomic mass is 16.2. The first kappa shape index (κ1) is 25.4. The van der Waals surface area contributed by atoms with Crippen LogP contribution < -0.4 is 4.90 Å². The number of benzene rings is 3. The van der Waals surface area contributed by atoms with Crippen molar-refractivity contribution in [1.29, 1.82) is 0 Å². The molecule has 206 valence electrons. The van der Waals surface area contributed by atoms with Crippen LogP contribution in [0.3, 0.4) is 0 Å². The topological polar surface area (TPSA) is 45.8 Å². The number of likely N-dealkylation sites (tertiary alicyclic amines) is 1. The molecule has 0 unspecified atom stereocenters. The molecule has 0 atom stereocenters. The molecule has 1 spiro atoms. The summed E-state index contributed by atoms with van der Waals surface area (Å²) in [6.45, 7) is 8.02. The highest BCUT2D eigenvalue weighted by molar-refractivity contribution is 5.87. The van der Waals surface area contributed by atoms with Gasteiger partial charge in [0.05, 0.1) is 12.1 Å². The van der Waals surface area contributed by atoms with E-state index in [9.17, 15) is 4.79 Å². The number of fused-ring (bicyclic) bond motifs is 4. The number of piperidine rings is 1. The highest BCUT2D eigenvalue weighted by Gasteiger charge is 2.48. The second-order valence-electron chi connectivity index (χ2n) is 11.7. The number of hydrogen-bond acceptors (Lipinski definition) is 4. The summed E-state index contributed by atoms with van der Waals surface area (Å²) >= 11 is 0. The summed E-state index contributed by atoms with van der Waals surface area (Å²) in [6, 6.07) is 30.1. The van der Waals surface area contributed by atoms with Gasteiger partial charge in [-0.15, -0.1) is 0 Å². The van der Waals surface area contributed by atoms with Crippen molar-refractivity contribution in [3.05, 3.63) is 102 Å². The predicted molar refractivity (Wildman–Crippen MR) is 161 cm³/mol. The molecule has 0 radical (unpaired) electrons. The lowest BCUT2D eigenvalue weighted by Crippen LogP contribution is -2.60. The van der Waals surface area contributed by atoms with Crippen molar-refractivity contribution < 1.29 is 4.79 Å². The number of amides is 1. The summed E-state index contributed by atoms with van der Waals surface area (Å²) in [4.78, 5) is 27.6. The summed E-state index contributed by atoms with van der Waals surface area (Å²) in [6.07, 6.45) is 2.85. The Balaban J connectivity index is 1.10. The number of piperazine rings is 1. The van der Waals surface area contributed by atoms with Gasteiger partial charge in [-0.2, -0.15) is 0 Å². The maximum atomic E-state index is 14.1. The van der Waals surface area contributed by atoms with Crippen LogP contribution >= 0.6 is 0 Å². The third kappa shape index (κ3) is 4.69. The van der Waals surface area contributed by atoms with Crippen LogP contribution in [0.2, 0.25) is 0 Å². The quantitative estimate of drug-likeness (QED) is 0.398. The highest BCUT2D eigenvalue weighted by Crippen LogP contribution is 2.45. The van der Waals surface area contributed by atoms with Gasteiger partial charge in [-0.3, -0.25) is 14.6 Å². The molecule has 2 fully saturated rings. The van der Waals surface area contributed by atoms with Gasteiger partial charge >= 0.3 is 0 Å². The zero-order chi connectivity index (χ0) is 26.9. The zero-order valence-electron chi connectivity index (χ0n) is 23.3. The number of nitrogens with one attached hydrogen (secondary N) is 1. The third-order valence-electron chi connectivity index (χ3n) is 9.47. The molecule has 1 aromatic heterocycles. The molecule has 3 aliphatic rings. The largest absolute Gasteiger partial charge is 0.369 e. The number of anilines is 1. The van der Waals surface area contributed by atoms with Crippen LogP contribution in [0.1, 0.15) is 29.7 Å². The van der Waals surface area contributed by atoms with Gasteiger partial charge in [0.25, 0.3) is 0 Å². The van der Waals surface area contributed by atoms with Crippen molar-refractivity contribution >= 4 is 22.5 Å². The van der Waals surface area contributed by atoms with Gasteiger partial charge in [0.1, 0.15) is 0 Å². The van der Waals surface area contributed by atoms with Gasteiger partial charge in [0.15, 0.2) is 0 Å². The van der Waals surface area contributed by atoms with Crippen LogP contribution in [0.5, 0.6) is 0 Å². The van der Waals surface area contributed by atoms with Crippen LogP contribution in [0.4, 0.5) is 5.69 Å². The molecule has 4 aromatic rings. The monoisotopic (exact) mass is 533 g/mol. The number of carbonyl (C=O) groups excluding carboxylic acids is 1. The predicted octanol–water partition coefficient (Wildman–Crippen LogP) is 4.87. The number of H-pyrrole nitrogens is 1. The Morgan fingerprint density at radius 1 is 0.725 bits per heavy atom. The van der Waals surface area contributed by atoms with Crippen molar-refractivity contribution in [3.8, 4) is 0 Å². The average molecular weight is 534 g/mol. The van der Waals surface area contributed by atoms with Crippen molar-refractivity contribution in [1.82, 2.24) is 19.7 Å². The van der Waals surface area contributed by atoms with Gasteiger partial charge in [-0.1, -0.05) is 66.7 Å². The Labute approximate surface area is 237 Å². The fraction of sp³-hybridized carbons (Fsp3) is 0.382. The molecule has 4 heterocycles. The zero-order valence-corrected chi connectivity index (χ0v) is 23.3. The first-order valence-electron chi connectivity index (χ1n) is 14.9. The standard InChI is InChI=1S/C34H39N5O/c40-32(26-37-21-23-38(24-22-37)28-11-5-2-6-12-28)39-18-15-30-29-13-7-8-14-31(29)35-33(30)34(39)16-19-36(20-17-34)25-27-9-3-1-4-10-27/h1-14,35H,15-26H2. The van der Waals surface area contributed by atoms with Crippen LogP contribution in [0, 0.1) is 0 Å². The Morgan fingerprint density at radius 2 is 1.40 bits per heavy atom. The molecule has 1 N–H and O–H groups in total. The number of carbonyl (C=O) groups is 1. The van der Waals surface area contributed by atoms with E-state index in [1.807, 2.05) is 0 Å². The van der Waals surface area contributed by atoms with Crippen molar-refractivity contribution in [2.75, 3.05) is 57.3 Å². The van der Waals surface area contributed by atoms with Gasteiger partial charge in [-0.25, -0.2) is 0 Å². The fourth-order valence-corrected chi connectivity index (χ4v) is 7.32. The second-order valence-corrected chi connectivity index (χ2v) is 11.7. The molecule has 6 nitrogen and oxygen atoms in total. The summed E-state index contributed by atoms with van der Waals surface area (Å²) in [5.41, 5.74) is 6.29. The Bertz CT molecular complexity index is 1450. The molecule has 3 aromatic carbocycles. The Hall–Kier alpha value is -3.61. The Kier molecular flexibility index (Phi) is 6.82. The Morgan fingerprint density at radius 3 is 2.15 bits per heavy atom. The van der Waals surface area contributed by atoms with Crippen molar-refractivity contribution in [2.24, 2.45) is 0 Å². The average Bonchev–Trinajstić information content (AvgIpc) is 3.40. The third-order valence-corrected chi connectivity index (χ3v) is 9.47. The minimum Gasteiger partial charge on any atom is -0.369 e. The number of hydrogen-bond donors (Lipinski definition) is 1. The molecule has 2 saturated heterocycles. The summed E-state index contributed by atoms with van der Waals surface area (Å²) in [7, 11) is 0.